The average Bonchev–Trinajstić information content (AvgIpc) is 3.09. The minimum Gasteiger partial charge on any atom is -0.457 e. The van der Waals surface area contributed by atoms with Crippen LogP contribution in [0.5, 0.6) is 11.5 Å². The maximum Gasteiger partial charge on any atom is 0.183 e. The van der Waals surface area contributed by atoms with Crippen molar-refractivity contribution in [2.24, 2.45) is 5.92 Å². The molecular formula is C20H21N3O2S. The summed E-state index contributed by atoms with van der Waals surface area (Å²) < 4.78 is 6.93. The third kappa shape index (κ3) is 4.02. The minimum atomic E-state index is 0.357. The summed E-state index contributed by atoms with van der Waals surface area (Å²) in [5, 5.41) is 4.47. The van der Waals surface area contributed by atoms with Crippen LogP contribution in [0, 0.1) is 5.92 Å². The smallest absolute Gasteiger partial charge is 0.183 e. The largest absolute Gasteiger partial charge is 0.457 e. The number of hydrogen-bond acceptors (Lipinski definition) is 6. The quantitative estimate of drug-likeness (QED) is 0.600. The highest BCUT2D eigenvalue weighted by Gasteiger charge is 2.14. The standard InChI is InChI=1S/C20H21N3O2S/c24-13-15-10-17(8-9-21-15)25-16-6-7-18-19(11-16)26-20(23-18)22-12-14-4-2-1-3-5-14/h6-11,13-14H,1-5,12H2,(H,22,23). The molecule has 0 saturated heterocycles. The van der Waals surface area contributed by atoms with Crippen molar-refractivity contribution >= 4 is 33.0 Å². The monoisotopic (exact) mass is 367 g/mol. The molecule has 134 valence electrons. The molecule has 1 aliphatic rings. The fourth-order valence-electron chi connectivity index (χ4n) is 3.36. The van der Waals surface area contributed by atoms with Crippen LogP contribution in [0.4, 0.5) is 5.13 Å². The third-order valence-corrected chi connectivity index (χ3v) is 5.71. The number of ether oxygens (including phenoxy) is 1. The number of pyridine rings is 1. The van der Waals surface area contributed by atoms with E-state index in [2.05, 4.69) is 15.3 Å². The van der Waals surface area contributed by atoms with Crippen molar-refractivity contribution < 1.29 is 9.53 Å². The SMILES string of the molecule is O=Cc1cc(Oc2ccc3nc(NCC4CCCCC4)sc3c2)ccn1. The average molecular weight is 367 g/mol. The van der Waals surface area contributed by atoms with Gasteiger partial charge in [-0.05, 0) is 37.0 Å². The van der Waals surface area contributed by atoms with Crippen molar-refractivity contribution in [3.8, 4) is 11.5 Å². The molecule has 0 bridgehead atoms. The summed E-state index contributed by atoms with van der Waals surface area (Å²) >= 11 is 1.65. The Morgan fingerprint density at radius 2 is 2.00 bits per heavy atom. The molecule has 1 aliphatic carbocycles. The van der Waals surface area contributed by atoms with E-state index in [0.29, 0.717) is 17.7 Å². The lowest BCUT2D eigenvalue weighted by Gasteiger charge is -2.21. The summed E-state index contributed by atoms with van der Waals surface area (Å²) in [5.41, 5.74) is 1.33. The Balaban J connectivity index is 1.45. The molecular weight excluding hydrogens is 346 g/mol. The van der Waals surface area contributed by atoms with Crippen LogP contribution in [-0.4, -0.2) is 22.8 Å². The number of fused-ring (bicyclic) bond motifs is 1. The second-order valence-electron chi connectivity index (χ2n) is 6.67. The summed E-state index contributed by atoms with van der Waals surface area (Å²) in [7, 11) is 0. The number of aromatic nitrogens is 2. The topological polar surface area (TPSA) is 64.1 Å². The van der Waals surface area contributed by atoms with Gasteiger partial charge in [0, 0.05) is 24.9 Å². The van der Waals surface area contributed by atoms with E-state index in [1.165, 1.54) is 32.1 Å². The van der Waals surface area contributed by atoms with E-state index < -0.39 is 0 Å². The number of carbonyl (C=O) groups excluding carboxylic acids is 1. The van der Waals surface area contributed by atoms with E-state index in [0.717, 1.165) is 33.6 Å². The summed E-state index contributed by atoms with van der Waals surface area (Å²) in [6.07, 6.45) is 9.02. The summed E-state index contributed by atoms with van der Waals surface area (Å²) in [4.78, 5) is 19.4. The van der Waals surface area contributed by atoms with Gasteiger partial charge in [-0.3, -0.25) is 9.78 Å². The number of hydrogen-bond donors (Lipinski definition) is 1. The van der Waals surface area contributed by atoms with Crippen molar-refractivity contribution in [3.05, 3.63) is 42.2 Å². The molecule has 0 radical (unpaired) electrons. The van der Waals surface area contributed by atoms with Gasteiger partial charge in [0.15, 0.2) is 11.4 Å². The van der Waals surface area contributed by atoms with Gasteiger partial charge in [0.2, 0.25) is 0 Å². The molecule has 0 atom stereocenters. The summed E-state index contributed by atoms with van der Waals surface area (Å²) in [6, 6.07) is 9.21. The first kappa shape index (κ1) is 17.0. The predicted molar refractivity (Wildman–Crippen MR) is 104 cm³/mol. The molecule has 0 aliphatic heterocycles. The zero-order chi connectivity index (χ0) is 17.8. The third-order valence-electron chi connectivity index (χ3n) is 4.74. The molecule has 26 heavy (non-hydrogen) atoms. The normalized spacial score (nSPS) is 15.1. The van der Waals surface area contributed by atoms with Crippen LogP contribution in [0.1, 0.15) is 42.6 Å². The Labute approximate surface area is 156 Å². The number of nitrogens with zero attached hydrogens (tertiary/aromatic N) is 2. The van der Waals surface area contributed by atoms with Crippen molar-refractivity contribution in [2.75, 3.05) is 11.9 Å². The number of anilines is 1. The van der Waals surface area contributed by atoms with Gasteiger partial charge in [0.25, 0.3) is 0 Å². The summed E-state index contributed by atoms with van der Waals surface area (Å²) in [5.74, 6) is 2.10. The number of benzene rings is 1. The number of thiazole rings is 1. The van der Waals surface area contributed by atoms with Crippen LogP contribution < -0.4 is 10.1 Å². The second kappa shape index (κ2) is 7.83. The van der Waals surface area contributed by atoms with Gasteiger partial charge < -0.3 is 10.1 Å². The Bertz CT molecular complexity index is 903. The second-order valence-corrected chi connectivity index (χ2v) is 7.70. The Morgan fingerprint density at radius 3 is 2.85 bits per heavy atom. The Kier molecular flexibility index (Phi) is 5.11. The lowest BCUT2D eigenvalue weighted by atomic mass is 9.89. The van der Waals surface area contributed by atoms with E-state index in [-0.39, 0.29) is 0 Å². The maximum atomic E-state index is 10.8. The minimum absolute atomic E-state index is 0.357. The molecule has 0 amide bonds. The van der Waals surface area contributed by atoms with E-state index >= 15 is 0 Å². The molecule has 3 aromatic rings. The van der Waals surface area contributed by atoms with Crippen LogP contribution in [0.15, 0.2) is 36.5 Å². The molecule has 1 saturated carbocycles. The number of aldehydes is 1. The van der Waals surface area contributed by atoms with Gasteiger partial charge in [0.05, 0.1) is 10.2 Å². The molecule has 1 N–H and O–H groups in total. The van der Waals surface area contributed by atoms with Gasteiger partial charge >= 0.3 is 0 Å². The van der Waals surface area contributed by atoms with Crippen LogP contribution >= 0.6 is 11.3 Å². The van der Waals surface area contributed by atoms with E-state index in [1.807, 2.05) is 18.2 Å². The van der Waals surface area contributed by atoms with Crippen molar-refractivity contribution in [3.63, 3.8) is 0 Å². The first-order valence-corrected chi connectivity index (χ1v) is 9.85. The fourth-order valence-corrected chi connectivity index (χ4v) is 4.26. The first-order valence-electron chi connectivity index (χ1n) is 9.04. The molecule has 1 fully saturated rings. The van der Waals surface area contributed by atoms with Gasteiger partial charge in [-0.2, -0.15) is 0 Å². The molecule has 0 unspecified atom stereocenters. The zero-order valence-electron chi connectivity index (χ0n) is 14.5. The maximum absolute atomic E-state index is 10.8. The first-order chi connectivity index (χ1) is 12.8. The molecule has 2 heterocycles. The summed E-state index contributed by atoms with van der Waals surface area (Å²) in [6.45, 7) is 1.01. The van der Waals surface area contributed by atoms with Gasteiger partial charge in [-0.1, -0.05) is 30.6 Å². The van der Waals surface area contributed by atoms with Gasteiger partial charge in [0.1, 0.15) is 17.2 Å². The zero-order valence-corrected chi connectivity index (χ0v) is 15.3. The van der Waals surface area contributed by atoms with E-state index in [4.69, 9.17) is 4.74 Å². The number of nitrogens with one attached hydrogen (secondary N) is 1. The number of rotatable bonds is 6. The number of carbonyl (C=O) groups is 1. The van der Waals surface area contributed by atoms with E-state index in [1.54, 1.807) is 29.7 Å². The Morgan fingerprint density at radius 1 is 1.15 bits per heavy atom. The molecule has 2 aromatic heterocycles. The highest BCUT2D eigenvalue weighted by Crippen LogP contribution is 2.32. The van der Waals surface area contributed by atoms with Crippen molar-refractivity contribution in [1.29, 1.82) is 0 Å². The molecule has 5 nitrogen and oxygen atoms in total. The highest BCUT2D eigenvalue weighted by atomic mass is 32.1. The van der Waals surface area contributed by atoms with Crippen molar-refractivity contribution in [1.82, 2.24) is 9.97 Å². The molecule has 1 aromatic carbocycles. The molecule has 6 heteroatoms. The molecule has 4 rings (SSSR count). The van der Waals surface area contributed by atoms with E-state index in [9.17, 15) is 4.79 Å². The highest BCUT2D eigenvalue weighted by molar-refractivity contribution is 7.22. The van der Waals surface area contributed by atoms with Crippen molar-refractivity contribution in [2.45, 2.75) is 32.1 Å². The van der Waals surface area contributed by atoms with Gasteiger partial charge in [-0.25, -0.2) is 4.98 Å². The lowest BCUT2D eigenvalue weighted by Crippen LogP contribution is -2.16. The Hall–Kier alpha value is -2.47. The van der Waals surface area contributed by atoms with Crippen LogP contribution in [-0.2, 0) is 0 Å². The molecule has 0 spiro atoms. The van der Waals surface area contributed by atoms with Gasteiger partial charge in [-0.15, -0.1) is 0 Å². The van der Waals surface area contributed by atoms with Crippen LogP contribution in [0.25, 0.3) is 10.2 Å². The fraction of sp³-hybridized carbons (Fsp3) is 0.350. The van der Waals surface area contributed by atoms with Crippen LogP contribution in [0.2, 0.25) is 0 Å². The van der Waals surface area contributed by atoms with Crippen LogP contribution in [0.3, 0.4) is 0 Å². The predicted octanol–water partition coefficient (Wildman–Crippen LogP) is 5.29. The lowest BCUT2D eigenvalue weighted by molar-refractivity contribution is 0.111.